The molecule has 0 unspecified atom stereocenters. The van der Waals surface area contributed by atoms with Crippen molar-refractivity contribution in [1.29, 1.82) is 0 Å². The molecule has 6 heteroatoms. The van der Waals surface area contributed by atoms with Gasteiger partial charge < -0.3 is 20.4 Å². The first-order chi connectivity index (χ1) is 9.05. The summed E-state index contributed by atoms with van der Waals surface area (Å²) in [5, 5.41) is 20.9. The molecule has 0 heterocycles. The largest absolute Gasteiger partial charge is 0.480 e. The zero-order valence-electron chi connectivity index (χ0n) is 11.1. The van der Waals surface area contributed by atoms with Crippen molar-refractivity contribution in [2.45, 2.75) is 37.6 Å². The van der Waals surface area contributed by atoms with Crippen molar-refractivity contribution >= 4 is 12.0 Å². The number of carboxylic acid groups (broad SMARTS) is 1. The van der Waals surface area contributed by atoms with Gasteiger partial charge in [0.25, 0.3) is 0 Å². The standard InChI is InChI=1S/C13H22N2O4/c1-2-8-15(9-10-16)12(19)14-13(11(17)18)6-4-3-5-7-13/h2,16H,1,3-10H2,(H,14,19)(H,17,18). The second-order valence-electron chi connectivity index (χ2n) is 4.84. The summed E-state index contributed by atoms with van der Waals surface area (Å²) in [6, 6.07) is -0.460. The van der Waals surface area contributed by atoms with Crippen LogP contribution in [0.15, 0.2) is 12.7 Å². The van der Waals surface area contributed by atoms with E-state index in [9.17, 15) is 14.7 Å². The highest BCUT2D eigenvalue weighted by Crippen LogP contribution is 2.28. The highest BCUT2D eigenvalue weighted by molar-refractivity contribution is 5.86. The number of hydrogen-bond donors (Lipinski definition) is 3. The lowest BCUT2D eigenvalue weighted by Crippen LogP contribution is -2.59. The average molecular weight is 270 g/mol. The van der Waals surface area contributed by atoms with E-state index in [-0.39, 0.29) is 19.7 Å². The van der Waals surface area contributed by atoms with Gasteiger partial charge in [0, 0.05) is 13.1 Å². The molecule has 1 rings (SSSR count). The molecule has 0 atom stereocenters. The molecule has 6 nitrogen and oxygen atoms in total. The Morgan fingerprint density at radius 3 is 2.42 bits per heavy atom. The lowest BCUT2D eigenvalue weighted by molar-refractivity contribution is -0.145. The van der Waals surface area contributed by atoms with E-state index in [0.717, 1.165) is 19.3 Å². The summed E-state index contributed by atoms with van der Waals surface area (Å²) in [6.07, 6.45) is 5.05. The molecular weight excluding hydrogens is 248 g/mol. The maximum Gasteiger partial charge on any atom is 0.329 e. The molecule has 2 amide bonds. The normalized spacial score (nSPS) is 17.5. The van der Waals surface area contributed by atoms with Gasteiger partial charge in [-0.25, -0.2) is 9.59 Å². The van der Waals surface area contributed by atoms with E-state index in [1.165, 1.54) is 4.90 Å². The van der Waals surface area contributed by atoms with Crippen LogP contribution < -0.4 is 5.32 Å². The summed E-state index contributed by atoms with van der Waals surface area (Å²) < 4.78 is 0. The minimum absolute atomic E-state index is 0.160. The third-order valence-electron chi connectivity index (χ3n) is 3.47. The van der Waals surface area contributed by atoms with Crippen LogP contribution in [0.1, 0.15) is 32.1 Å². The molecule has 1 aliphatic rings. The molecule has 108 valence electrons. The Morgan fingerprint density at radius 2 is 1.95 bits per heavy atom. The second-order valence-corrected chi connectivity index (χ2v) is 4.84. The number of carbonyl (C=O) groups is 2. The molecule has 0 aromatic rings. The quantitative estimate of drug-likeness (QED) is 0.627. The van der Waals surface area contributed by atoms with Crippen molar-refractivity contribution in [3.63, 3.8) is 0 Å². The third kappa shape index (κ3) is 3.96. The molecule has 0 radical (unpaired) electrons. The lowest BCUT2D eigenvalue weighted by Gasteiger charge is -2.35. The number of carboxylic acids is 1. The third-order valence-corrected chi connectivity index (χ3v) is 3.47. The van der Waals surface area contributed by atoms with Gasteiger partial charge in [-0.15, -0.1) is 6.58 Å². The number of nitrogens with zero attached hydrogens (tertiary/aromatic N) is 1. The van der Waals surface area contributed by atoms with Gasteiger partial charge in [0.2, 0.25) is 0 Å². The van der Waals surface area contributed by atoms with Gasteiger partial charge in [0.1, 0.15) is 5.54 Å². The first kappa shape index (κ1) is 15.5. The van der Waals surface area contributed by atoms with Gasteiger partial charge >= 0.3 is 12.0 Å². The fraction of sp³-hybridized carbons (Fsp3) is 0.692. The van der Waals surface area contributed by atoms with Gasteiger partial charge in [-0.2, -0.15) is 0 Å². The minimum Gasteiger partial charge on any atom is -0.480 e. The van der Waals surface area contributed by atoms with E-state index >= 15 is 0 Å². The van der Waals surface area contributed by atoms with Crippen LogP contribution in [0.2, 0.25) is 0 Å². The summed E-state index contributed by atoms with van der Waals surface area (Å²) in [6.45, 7) is 3.82. The highest BCUT2D eigenvalue weighted by Gasteiger charge is 2.41. The number of aliphatic hydroxyl groups is 1. The molecule has 1 saturated carbocycles. The molecule has 0 spiro atoms. The molecule has 0 saturated heterocycles. The molecule has 0 aromatic heterocycles. The zero-order valence-corrected chi connectivity index (χ0v) is 11.1. The fourth-order valence-corrected chi connectivity index (χ4v) is 2.38. The SMILES string of the molecule is C=CCN(CCO)C(=O)NC1(C(=O)O)CCCCC1. The number of hydrogen-bond acceptors (Lipinski definition) is 3. The summed E-state index contributed by atoms with van der Waals surface area (Å²) >= 11 is 0. The zero-order chi connectivity index (χ0) is 14.3. The van der Waals surface area contributed by atoms with Crippen LogP contribution in [0.25, 0.3) is 0 Å². The Hall–Kier alpha value is -1.56. The topological polar surface area (TPSA) is 89.9 Å². The highest BCUT2D eigenvalue weighted by atomic mass is 16.4. The predicted molar refractivity (Wildman–Crippen MR) is 70.8 cm³/mol. The van der Waals surface area contributed by atoms with Crippen LogP contribution in [0.3, 0.4) is 0 Å². The average Bonchev–Trinajstić information content (AvgIpc) is 2.39. The van der Waals surface area contributed by atoms with E-state index in [0.29, 0.717) is 12.8 Å². The number of rotatable bonds is 6. The molecule has 19 heavy (non-hydrogen) atoms. The Bertz CT molecular complexity index is 338. The van der Waals surface area contributed by atoms with Crippen LogP contribution in [0.4, 0.5) is 4.79 Å². The second kappa shape index (κ2) is 7.13. The van der Waals surface area contributed by atoms with Gasteiger partial charge in [-0.05, 0) is 12.8 Å². The van der Waals surface area contributed by atoms with Crippen molar-refractivity contribution in [3.8, 4) is 0 Å². The molecule has 1 aliphatic carbocycles. The Kier molecular flexibility index (Phi) is 5.82. The summed E-state index contributed by atoms with van der Waals surface area (Å²) in [5.74, 6) is -0.983. The summed E-state index contributed by atoms with van der Waals surface area (Å²) in [7, 11) is 0. The maximum atomic E-state index is 12.1. The molecule has 0 aliphatic heterocycles. The number of aliphatic carboxylic acids is 1. The predicted octanol–water partition coefficient (Wildman–Crippen LogP) is 0.964. The van der Waals surface area contributed by atoms with E-state index in [4.69, 9.17) is 5.11 Å². The van der Waals surface area contributed by atoms with E-state index in [1.807, 2.05) is 0 Å². The van der Waals surface area contributed by atoms with Gasteiger partial charge in [-0.3, -0.25) is 0 Å². The van der Waals surface area contributed by atoms with Crippen LogP contribution >= 0.6 is 0 Å². The lowest BCUT2D eigenvalue weighted by atomic mass is 9.82. The van der Waals surface area contributed by atoms with Crippen LogP contribution in [-0.4, -0.2) is 52.3 Å². The van der Waals surface area contributed by atoms with Crippen molar-refractivity contribution in [2.24, 2.45) is 0 Å². The fourth-order valence-electron chi connectivity index (χ4n) is 2.38. The van der Waals surface area contributed by atoms with Gasteiger partial charge in [0.05, 0.1) is 6.61 Å². The van der Waals surface area contributed by atoms with Crippen LogP contribution in [0, 0.1) is 0 Å². The van der Waals surface area contributed by atoms with Crippen molar-refractivity contribution in [3.05, 3.63) is 12.7 Å². The van der Waals surface area contributed by atoms with Crippen LogP contribution in [-0.2, 0) is 4.79 Å². The Balaban J connectivity index is 2.74. The number of nitrogens with one attached hydrogen (secondary N) is 1. The number of amides is 2. The smallest absolute Gasteiger partial charge is 0.329 e. The monoisotopic (exact) mass is 270 g/mol. The van der Waals surface area contributed by atoms with E-state index < -0.39 is 17.5 Å². The van der Waals surface area contributed by atoms with E-state index in [1.54, 1.807) is 6.08 Å². The number of carbonyl (C=O) groups excluding carboxylic acids is 1. The molecular formula is C13H22N2O4. The molecule has 0 bridgehead atoms. The van der Waals surface area contributed by atoms with Crippen molar-refractivity contribution < 1.29 is 19.8 Å². The molecule has 0 aromatic carbocycles. The summed E-state index contributed by atoms with van der Waals surface area (Å²) in [4.78, 5) is 24.9. The summed E-state index contributed by atoms with van der Waals surface area (Å²) in [5.41, 5.74) is -1.16. The number of urea groups is 1. The minimum atomic E-state index is -1.16. The van der Waals surface area contributed by atoms with Crippen LogP contribution in [0.5, 0.6) is 0 Å². The maximum absolute atomic E-state index is 12.1. The number of aliphatic hydroxyl groups excluding tert-OH is 1. The van der Waals surface area contributed by atoms with Gasteiger partial charge in [0.15, 0.2) is 0 Å². The Labute approximate surface area is 113 Å². The first-order valence-electron chi connectivity index (χ1n) is 6.58. The first-order valence-corrected chi connectivity index (χ1v) is 6.58. The Morgan fingerprint density at radius 1 is 1.32 bits per heavy atom. The molecule has 1 fully saturated rings. The molecule has 3 N–H and O–H groups in total. The van der Waals surface area contributed by atoms with Crippen molar-refractivity contribution in [2.75, 3.05) is 19.7 Å². The van der Waals surface area contributed by atoms with Gasteiger partial charge in [-0.1, -0.05) is 25.3 Å². The van der Waals surface area contributed by atoms with Crippen molar-refractivity contribution in [1.82, 2.24) is 10.2 Å². The van der Waals surface area contributed by atoms with E-state index in [2.05, 4.69) is 11.9 Å².